The Balaban J connectivity index is 1.29. The molecular formula is C25H28Cl2F2N4O5S. The van der Waals surface area contributed by atoms with Crippen LogP contribution in [0.15, 0.2) is 30.3 Å². The van der Waals surface area contributed by atoms with Crippen molar-refractivity contribution in [2.24, 2.45) is 0 Å². The molecule has 0 aliphatic carbocycles. The Kier molecular flexibility index (Phi) is 8.44. The fourth-order valence-corrected chi connectivity index (χ4v) is 6.03. The molecule has 0 unspecified atom stereocenters. The first-order valence-corrected chi connectivity index (χ1v) is 14.8. The maximum Gasteiger partial charge on any atom is 0.267 e. The molecule has 39 heavy (non-hydrogen) atoms. The topological polar surface area (TPSA) is 119 Å². The normalized spacial score (nSPS) is 18.8. The molecule has 2 aliphatic heterocycles. The molecule has 2 aromatic rings. The van der Waals surface area contributed by atoms with Gasteiger partial charge in [-0.1, -0.05) is 23.2 Å². The molecule has 0 bridgehead atoms. The summed E-state index contributed by atoms with van der Waals surface area (Å²) >= 11 is 12.4. The Hall–Kier alpha value is -2.51. The number of likely N-dealkylation sites (tertiary alicyclic amines) is 2. The summed E-state index contributed by atoms with van der Waals surface area (Å²) in [4.78, 5) is 28.9. The van der Waals surface area contributed by atoms with Gasteiger partial charge in [0.05, 0.1) is 27.9 Å². The number of aliphatic hydroxyl groups is 1. The highest BCUT2D eigenvalue weighted by Crippen LogP contribution is 2.32. The van der Waals surface area contributed by atoms with E-state index in [9.17, 15) is 31.9 Å². The zero-order chi connectivity index (χ0) is 28.7. The average molecular weight is 605 g/mol. The van der Waals surface area contributed by atoms with E-state index in [1.54, 1.807) is 0 Å². The molecule has 2 amide bonds. The van der Waals surface area contributed by atoms with Crippen molar-refractivity contribution in [1.82, 2.24) is 14.5 Å². The van der Waals surface area contributed by atoms with Crippen LogP contribution in [0.3, 0.4) is 0 Å². The van der Waals surface area contributed by atoms with E-state index in [1.165, 1.54) is 24.0 Å². The van der Waals surface area contributed by atoms with Crippen LogP contribution in [-0.2, 0) is 20.4 Å². The summed E-state index contributed by atoms with van der Waals surface area (Å²) in [6, 6.07) is 5.91. The molecule has 2 heterocycles. The van der Waals surface area contributed by atoms with Gasteiger partial charge in [0.15, 0.2) is 5.60 Å². The van der Waals surface area contributed by atoms with Crippen molar-refractivity contribution >= 4 is 50.7 Å². The molecule has 2 aromatic carbocycles. The highest BCUT2D eigenvalue weighted by atomic mass is 35.5. The fourth-order valence-electron chi connectivity index (χ4n) is 4.93. The zero-order valence-electron chi connectivity index (χ0n) is 21.2. The monoisotopic (exact) mass is 604 g/mol. The van der Waals surface area contributed by atoms with Gasteiger partial charge in [0, 0.05) is 44.0 Å². The second-order valence-electron chi connectivity index (χ2n) is 10.1. The van der Waals surface area contributed by atoms with Gasteiger partial charge in [-0.2, -0.15) is 0 Å². The lowest BCUT2D eigenvalue weighted by Crippen LogP contribution is -2.61. The maximum atomic E-state index is 13.6. The SMILES string of the molecule is C[C@@](O)(C(=O)N1CCC(N2CC(Nc3cc(Cl)c(C(=O)NS(C)(=O)=O)c(Cl)c3)C2)CC1)c1cc(F)cc(F)c1. The first kappa shape index (κ1) is 29.5. The highest BCUT2D eigenvalue weighted by molar-refractivity contribution is 7.89. The molecule has 212 valence electrons. The smallest absolute Gasteiger partial charge is 0.267 e. The molecule has 2 fully saturated rings. The standard InChI is InChI=1S/C25H28Cl2F2N4O5S/c1-25(36,14-7-15(28)9-16(29)8-14)24(35)32-5-3-19(4-6-32)33-12-18(13-33)30-17-10-20(26)22(21(27)11-17)23(34)31-39(2,37)38/h7-11,18-19,30,36H,3-6,12-13H2,1-2H3,(H,31,34)/t25-/m0/s1. The molecule has 2 aliphatic rings. The number of sulfonamides is 1. The number of halogens is 4. The van der Waals surface area contributed by atoms with Crippen molar-refractivity contribution < 1.29 is 31.9 Å². The van der Waals surface area contributed by atoms with E-state index in [4.69, 9.17) is 23.2 Å². The van der Waals surface area contributed by atoms with E-state index >= 15 is 0 Å². The van der Waals surface area contributed by atoms with Crippen LogP contribution >= 0.6 is 23.2 Å². The number of hydrogen-bond donors (Lipinski definition) is 3. The third-order valence-electron chi connectivity index (χ3n) is 6.94. The minimum absolute atomic E-state index is 0.0104. The van der Waals surface area contributed by atoms with Crippen molar-refractivity contribution in [3.8, 4) is 0 Å². The van der Waals surface area contributed by atoms with E-state index in [0.29, 0.717) is 50.8 Å². The summed E-state index contributed by atoms with van der Waals surface area (Å²) in [5.41, 5.74) is -1.73. The van der Waals surface area contributed by atoms with Crippen molar-refractivity contribution in [3.63, 3.8) is 0 Å². The molecule has 4 rings (SSSR count). The molecule has 0 spiro atoms. The number of piperidine rings is 1. The van der Waals surface area contributed by atoms with Gasteiger partial charge in [-0.05, 0) is 49.6 Å². The lowest BCUT2D eigenvalue weighted by atomic mass is 9.91. The van der Waals surface area contributed by atoms with E-state index in [1.807, 2.05) is 4.72 Å². The molecule has 1 atom stereocenters. The van der Waals surface area contributed by atoms with Gasteiger partial charge in [0.2, 0.25) is 10.0 Å². The van der Waals surface area contributed by atoms with Crippen LogP contribution in [0.2, 0.25) is 10.0 Å². The maximum absolute atomic E-state index is 13.6. The third kappa shape index (κ3) is 6.80. The quantitative estimate of drug-likeness (QED) is 0.444. The van der Waals surface area contributed by atoms with E-state index in [2.05, 4.69) is 10.2 Å². The number of carbonyl (C=O) groups is 2. The number of carbonyl (C=O) groups excluding carboxylic acids is 2. The summed E-state index contributed by atoms with van der Waals surface area (Å²) < 4.78 is 51.8. The first-order chi connectivity index (χ1) is 18.1. The summed E-state index contributed by atoms with van der Waals surface area (Å²) in [6.45, 7) is 3.46. The van der Waals surface area contributed by atoms with Crippen LogP contribution < -0.4 is 10.0 Å². The van der Waals surface area contributed by atoms with E-state index < -0.39 is 39.1 Å². The molecule has 3 N–H and O–H groups in total. The predicted molar refractivity (Wildman–Crippen MR) is 143 cm³/mol. The minimum atomic E-state index is -3.78. The predicted octanol–water partition coefficient (Wildman–Crippen LogP) is 2.96. The van der Waals surface area contributed by atoms with Gasteiger partial charge in [0.1, 0.15) is 11.6 Å². The molecule has 2 saturated heterocycles. The first-order valence-electron chi connectivity index (χ1n) is 12.1. The summed E-state index contributed by atoms with van der Waals surface area (Å²) in [7, 11) is -3.78. The Bertz CT molecular complexity index is 1350. The zero-order valence-corrected chi connectivity index (χ0v) is 23.5. The van der Waals surface area contributed by atoms with Crippen LogP contribution in [0, 0.1) is 11.6 Å². The van der Waals surface area contributed by atoms with Gasteiger partial charge >= 0.3 is 0 Å². The van der Waals surface area contributed by atoms with Crippen LogP contribution in [0.5, 0.6) is 0 Å². The van der Waals surface area contributed by atoms with Crippen LogP contribution in [-0.4, -0.2) is 79.7 Å². The van der Waals surface area contributed by atoms with Crippen molar-refractivity contribution in [2.75, 3.05) is 37.8 Å². The Morgan fingerprint density at radius 1 is 1.03 bits per heavy atom. The third-order valence-corrected chi connectivity index (χ3v) is 8.09. The highest BCUT2D eigenvalue weighted by Gasteiger charge is 2.40. The van der Waals surface area contributed by atoms with Crippen LogP contribution in [0.1, 0.15) is 35.7 Å². The molecule has 14 heteroatoms. The Labute approximate surface area is 235 Å². The van der Waals surface area contributed by atoms with Gasteiger partial charge < -0.3 is 15.3 Å². The molecular weight excluding hydrogens is 577 g/mol. The number of anilines is 1. The molecule has 0 radical (unpaired) electrons. The number of hydrogen-bond acceptors (Lipinski definition) is 7. The van der Waals surface area contributed by atoms with Crippen LogP contribution in [0.4, 0.5) is 14.5 Å². The second-order valence-corrected chi connectivity index (χ2v) is 12.6. The van der Waals surface area contributed by atoms with Gasteiger partial charge in [-0.3, -0.25) is 14.5 Å². The summed E-state index contributed by atoms with van der Waals surface area (Å²) in [5, 5.41) is 14.1. The number of rotatable bonds is 7. The molecule has 9 nitrogen and oxygen atoms in total. The fraction of sp³-hybridized carbons (Fsp3) is 0.440. The van der Waals surface area contributed by atoms with Gasteiger partial charge in [0.25, 0.3) is 11.8 Å². The Morgan fingerprint density at radius 2 is 1.56 bits per heavy atom. The summed E-state index contributed by atoms with van der Waals surface area (Å²) in [6.07, 6.45) is 2.20. The Morgan fingerprint density at radius 3 is 2.08 bits per heavy atom. The van der Waals surface area contributed by atoms with Crippen molar-refractivity contribution in [2.45, 2.75) is 37.5 Å². The van der Waals surface area contributed by atoms with Gasteiger partial charge in [-0.15, -0.1) is 0 Å². The number of nitrogens with zero attached hydrogens (tertiary/aromatic N) is 2. The number of benzene rings is 2. The van der Waals surface area contributed by atoms with E-state index in [-0.39, 0.29) is 33.3 Å². The average Bonchev–Trinajstić information content (AvgIpc) is 2.78. The van der Waals surface area contributed by atoms with E-state index in [0.717, 1.165) is 18.4 Å². The molecule has 0 aromatic heterocycles. The van der Waals surface area contributed by atoms with Crippen molar-refractivity contribution in [1.29, 1.82) is 0 Å². The number of amides is 2. The lowest BCUT2D eigenvalue weighted by Gasteiger charge is -2.48. The molecule has 0 saturated carbocycles. The largest absolute Gasteiger partial charge is 0.380 e. The number of nitrogens with one attached hydrogen (secondary N) is 2. The summed E-state index contributed by atoms with van der Waals surface area (Å²) in [5.74, 6) is -3.24. The van der Waals surface area contributed by atoms with Crippen LogP contribution in [0.25, 0.3) is 0 Å². The van der Waals surface area contributed by atoms with Gasteiger partial charge in [-0.25, -0.2) is 21.9 Å². The van der Waals surface area contributed by atoms with Crippen molar-refractivity contribution in [3.05, 3.63) is 63.1 Å². The lowest BCUT2D eigenvalue weighted by molar-refractivity contribution is -0.152. The minimum Gasteiger partial charge on any atom is -0.380 e. The second kappa shape index (κ2) is 11.2.